The molecule has 2 rings (SSSR count). The Morgan fingerprint density at radius 3 is 2.65 bits per heavy atom. The Labute approximate surface area is 116 Å². The van der Waals surface area contributed by atoms with Crippen molar-refractivity contribution in [1.82, 2.24) is 4.72 Å². The molecule has 1 aliphatic rings. The fourth-order valence-electron chi connectivity index (χ4n) is 2.47. The van der Waals surface area contributed by atoms with Crippen LogP contribution in [0.2, 0.25) is 0 Å². The van der Waals surface area contributed by atoms with Crippen LogP contribution in [0.25, 0.3) is 0 Å². The molecule has 1 saturated carbocycles. The van der Waals surface area contributed by atoms with Crippen LogP contribution in [0.1, 0.15) is 26.2 Å². The maximum Gasteiger partial charge on any atom is 0.324 e. The molecule has 2 unspecified atom stereocenters. The molecule has 2 atom stereocenters. The number of nitro groups is 1. The van der Waals surface area contributed by atoms with E-state index in [1.165, 1.54) is 0 Å². The molecule has 1 aliphatic carbocycles. The lowest BCUT2D eigenvalue weighted by Crippen LogP contribution is -2.36. The Bertz CT molecular complexity index is 632. The van der Waals surface area contributed by atoms with E-state index in [-0.39, 0.29) is 12.0 Å². The van der Waals surface area contributed by atoms with Crippen molar-refractivity contribution in [3.05, 3.63) is 34.1 Å². The van der Waals surface area contributed by atoms with E-state index in [1.807, 2.05) is 6.92 Å². The third-order valence-corrected chi connectivity index (χ3v) is 5.11. The van der Waals surface area contributed by atoms with Crippen LogP contribution in [0.5, 0.6) is 0 Å². The number of nitrogens with one attached hydrogen (secondary N) is 1. The number of nitro benzene ring substituents is 1. The molecule has 0 aromatic heterocycles. The van der Waals surface area contributed by atoms with Crippen LogP contribution >= 0.6 is 0 Å². The molecule has 110 valence electrons. The van der Waals surface area contributed by atoms with Crippen molar-refractivity contribution in [1.29, 1.82) is 0 Å². The molecule has 6 nitrogen and oxygen atoms in total. The summed E-state index contributed by atoms with van der Waals surface area (Å²) in [7, 11) is -4.11. The number of nitrogens with zero attached hydrogens (tertiary/aromatic N) is 1. The van der Waals surface area contributed by atoms with Crippen LogP contribution in [0.3, 0.4) is 0 Å². The second kappa shape index (κ2) is 5.45. The molecule has 0 saturated heterocycles. The number of sulfonamides is 1. The van der Waals surface area contributed by atoms with E-state index in [4.69, 9.17) is 0 Å². The van der Waals surface area contributed by atoms with E-state index < -0.39 is 31.3 Å². The fourth-order valence-corrected chi connectivity index (χ4v) is 4.03. The van der Waals surface area contributed by atoms with E-state index in [1.54, 1.807) is 0 Å². The molecular weight excluding hydrogens is 287 g/mol. The summed E-state index contributed by atoms with van der Waals surface area (Å²) in [4.78, 5) is 9.23. The first-order chi connectivity index (χ1) is 9.33. The van der Waals surface area contributed by atoms with E-state index in [0.717, 1.165) is 31.0 Å². The Hall–Kier alpha value is -1.54. The van der Waals surface area contributed by atoms with Crippen LogP contribution in [-0.2, 0) is 10.0 Å². The summed E-state index contributed by atoms with van der Waals surface area (Å²) in [6.07, 6.45) is 2.49. The SMILES string of the molecule is CC1CCCC1NS(=O)(=O)c1cccc(F)c1[N+](=O)[O-]. The molecule has 1 fully saturated rings. The first-order valence-corrected chi connectivity index (χ1v) is 7.76. The highest BCUT2D eigenvalue weighted by Gasteiger charge is 2.33. The highest BCUT2D eigenvalue weighted by atomic mass is 32.2. The minimum Gasteiger partial charge on any atom is -0.258 e. The zero-order valence-corrected chi connectivity index (χ0v) is 11.7. The van der Waals surface area contributed by atoms with E-state index >= 15 is 0 Å². The van der Waals surface area contributed by atoms with Crippen LogP contribution in [0.4, 0.5) is 10.1 Å². The molecule has 8 heteroatoms. The predicted molar refractivity (Wildman–Crippen MR) is 70.2 cm³/mol. The van der Waals surface area contributed by atoms with Gasteiger partial charge in [0.05, 0.1) is 4.92 Å². The quantitative estimate of drug-likeness (QED) is 0.682. The van der Waals surface area contributed by atoms with E-state index in [0.29, 0.717) is 6.42 Å². The van der Waals surface area contributed by atoms with Crippen molar-refractivity contribution >= 4 is 15.7 Å². The van der Waals surface area contributed by atoms with Gasteiger partial charge in [0, 0.05) is 6.04 Å². The number of hydrogen-bond acceptors (Lipinski definition) is 4. The Morgan fingerprint density at radius 1 is 1.40 bits per heavy atom. The van der Waals surface area contributed by atoms with Crippen molar-refractivity contribution in [2.75, 3.05) is 0 Å². The zero-order valence-electron chi connectivity index (χ0n) is 10.9. The van der Waals surface area contributed by atoms with Gasteiger partial charge in [-0.25, -0.2) is 13.1 Å². The maximum absolute atomic E-state index is 13.5. The molecule has 1 aromatic carbocycles. The molecule has 20 heavy (non-hydrogen) atoms. The van der Waals surface area contributed by atoms with Gasteiger partial charge in [-0.3, -0.25) is 10.1 Å². The second-order valence-electron chi connectivity index (χ2n) is 4.98. The summed E-state index contributed by atoms with van der Waals surface area (Å²) in [5, 5.41) is 10.9. The Balaban J connectivity index is 2.39. The van der Waals surface area contributed by atoms with Gasteiger partial charge in [-0.15, -0.1) is 0 Å². The zero-order chi connectivity index (χ0) is 14.9. The van der Waals surface area contributed by atoms with Crippen molar-refractivity contribution < 1.29 is 17.7 Å². The molecule has 0 spiro atoms. The van der Waals surface area contributed by atoms with Gasteiger partial charge in [-0.2, -0.15) is 4.39 Å². The number of hydrogen-bond donors (Lipinski definition) is 1. The summed E-state index contributed by atoms with van der Waals surface area (Å²) >= 11 is 0. The van der Waals surface area contributed by atoms with Gasteiger partial charge >= 0.3 is 5.69 Å². The van der Waals surface area contributed by atoms with Crippen LogP contribution in [0.15, 0.2) is 23.1 Å². The molecule has 0 heterocycles. The van der Waals surface area contributed by atoms with Gasteiger partial charge < -0.3 is 0 Å². The first kappa shape index (κ1) is 14.9. The highest BCUT2D eigenvalue weighted by Crippen LogP contribution is 2.30. The molecule has 0 radical (unpaired) electrons. The summed E-state index contributed by atoms with van der Waals surface area (Å²) in [5.41, 5.74) is -1.01. The summed E-state index contributed by atoms with van der Waals surface area (Å²) in [6, 6.07) is 2.80. The molecule has 0 aliphatic heterocycles. The summed E-state index contributed by atoms with van der Waals surface area (Å²) in [5.74, 6) is -0.991. The number of para-hydroxylation sites is 1. The third kappa shape index (κ3) is 2.80. The van der Waals surface area contributed by atoms with Crippen molar-refractivity contribution in [2.24, 2.45) is 5.92 Å². The third-order valence-electron chi connectivity index (χ3n) is 3.59. The number of halogens is 1. The smallest absolute Gasteiger partial charge is 0.258 e. The minimum atomic E-state index is -4.11. The van der Waals surface area contributed by atoms with Gasteiger partial charge in [0.25, 0.3) is 0 Å². The minimum absolute atomic E-state index is 0.164. The molecular formula is C12H15FN2O4S. The summed E-state index contributed by atoms with van der Waals surface area (Å²) < 4.78 is 40.4. The normalized spacial score (nSPS) is 22.9. The van der Waals surface area contributed by atoms with Crippen LogP contribution < -0.4 is 4.72 Å². The number of benzene rings is 1. The monoisotopic (exact) mass is 302 g/mol. The molecule has 0 bridgehead atoms. The van der Waals surface area contributed by atoms with Gasteiger partial charge in [0.1, 0.15) is 0 Å². The Kier molecular flexibility index (Phi) is 4.05. The predicted octanol–water partition coefficient (Wildman–Crippen LogP) is 2.20. The first-order valence-electron chi connectivity index (χ1n) is 6.28. The average Bonchev–Trinajstić information content (AvgIpc) is 2.73. The van der Waals surface area contributed by atoms with Crippen molar-refractivity contribution in [3.8, 4) is 0 Å². The standard InChI is InChI=1S/C12H15FN2O4S/c1-8-4-2-6-10(8)14-20(18,19)11-7-3-5-9(13)12(11)15(16)17/h3,5,7-8,10,14H,2,4,6H2,1H3. The summed E-state index contributed by atoms with van der Waals surface area (Å²) in [6.45, 7) is 1.92. The second-order valence-corrected chi connectivity index (χ2v) is 6.66. The van der Waals surface area contributed by atoms with Crippen molar-refractivity contribution in [3.63, 3.8) is 0 Å². The largest absolute Gasteiger partial charge is 0.324 e. The topological polar surface area (TPSA) is 89.3 Å². The number of rotatable bonds is 4. The lowest BCUT2D eigenvalue weighted by Gasteiger charge is -2.17. The van der Waals surface area contributed by atoms with Gasteiger partial charge in [-0.1, -0.05) is 19.4 Å². The molecule has 1 aromatic rings. The maximum atomic E-state index is 13.5. The van der Waals surface area contributed by atoms with Gasteiger partial charge in [0.2, 0.25) is 15.8 Å². The van der Waals surface area contributed by atoms with Crippen molar-refractivity contribution in [2.45, 2.75) is 37.1 Å². The van der Waals surface area contributed by atoms with E-state index in [9.17, 15) is 22.9 Å². The van der Waals surface area contributed by atoms with Crippen LogP contribution in [-0.4, -0.2) is 19.4 Å². The molecule has 1 N–H and O–H groups in total. The highest BCUT2D eigenvalue weighted by molar-refractivity contribution is 7.89. The van der Waals surface area contributed by atoms with Gasteiger partial charge in [-0.05, 0) is 30.9 Å². The lowest BCUT2D eigenvalue weighted by molar-refractivity contribution is -0.390. The van der Waals surface area contributed by atoms with E-state index in [2.05, 4.69) is 4.72 Å². The van der Waals surface area contributed by atoms with Crippen LogP contribution in [0, 0.1) is 21.8 Å². The average molecular weight is 302 g/mol. The van der Waals surface area contributed by atoms with Gasteiger partial charge in [0.15, 0.2) is 4.90 Å². The molecule has 0 amide bonds. The lowest BCUT2D eigenvalue weighted by atomic mass is 10.1. The Morgan fingerprint density at radius 2 is 2.10 bits per heavy atom. The fraction of sp³-hybridized carbons (Fsp3) is 0.500.